The zero-order valence-electron chi connectivity index (χ0n) is 14.3. The Balaban J connectivity index is 1.43. The summed E-state index contributed by atoms with van der Waals surface area (Å²) in [6, 6.07) is 10.0. The van der Waals surface area contributed by atoms with Crippen molar-refractivity contribution in [2.45, 2.75) is 25.4 Å². The van der Waals surface area contributed by atoms with Gasteiger partial charge < -0.3 is 15.2 Å². The van der Waals surface area contributed by atoms with E-state index in [2.05, 4.69) is 20.7 Å². The van der Waals surface area contributed by atoms with Crippen molar-refractivity contribution in [3.63, 3.8) is 0 Å². The molecule has 0 bridgehead atoms. The maximum absolute atomic E-state index is 12.4. The van der Waals surface area contributed by atoms with Gasteiger partial charge in [0.25, 0.3) is 5.91 Å². The lowest BCUT2D eigenvalue weighted by atomic mass is 10.1. The molecule has 2 aromatic heterocycles. The summed E-state index contributed by atoms with van der Waals surface area (Å²) < 4.78 is 3.90. The van der Waals surface area contributed by atoms with Gasteiger partial charge in [-0.2, -0.15) is 5.10 Å². The average molecular weight is 338 g/mol. The molecule has 3 heterocycles. The number of piperidine rings is 1. The Hall–Kier alpha value is -2.67. The fraction of sp³-hybridized carbons (Fsp3) is 0.389. The van der Waals surface area contributed by atoms with Crippen molar-refractivity contribution < 1.29 is 4.79 Å². The molecular weight excluding hydrogens is 316 g/mol. The number of rotatable bonds is 4. The van der Waals surface area contributed by atoms with Crippen LogP contribution in [0.4, 0.5) is 0 Å². The van der Waals surface area contributed by atoms with Gasteiger partial charge in [-0.1, -0.05) is 12.1 Å². The van der Waals surface area contributed by atoms with E-state index in [1.807, 2.05) is 46.8 Å². The number of amides is 1. The van der Waals surface area contributed by atoms with E-state index in [0.29, 0.717) is 18.3 Å². The highest BCUT2D eigenvalue weighted by molar-refractivity contribution is 5.92. The molecule has 130 valence electrons. The Morgan fingerprint density at radius 2 is 2.24 bits per heavy atom. The van der Waals surface area contributed by atoms with Crippen molar-refractivity contribution in [3.8, 4) is 0 Å². The van der Waals surface area contributed by atoms with Gasteiger partial charge in [-0.15, -0.1) is 0 Å². The van der Waals surface area contributed by atoms with E-state index in [1.165, 1.54) is 0 Å². The quantitative estimate of drug-likeness (QED) is 0.758. The van der Waals surface area contributed by atoms with Crippen LogP contribution in [-0.4, -0.2) is 38.3 Å². The van der Waals surface area contributed by atoms with Crippen LogP contribution < -0.4 is 10.6 Å². The molecule has 0 spiro atoms. The minimum Gasteiger partial charge on any atom is -0.343 e. The van der Waals surface area contributed by atoms with Crippen molar-refractivity contribution in [3.05, 3.63) is 48.0 Å². The fourth-order valence-electron chi connectivity index (χ4n) is 3.33. The predicted octanol–water partition coefficient (Wildman–Crippen LogP) is 1.62. The van der Waals surface area contributed by atoms with Gasteiger partial charge in [-0.25, -0.2) is 4.98 Å². The second-order valence-corrected chi connectivity index (χ2v) is 6.44. The third kappa shape index (κ3) is 3.15. The molecule has 1 aliphatic heterocycles. The van der Waals surface area contributed by atoms with Gasteiger partial charge in [0.05, 0.1) is 23.6 Å². The summed E-state index contributed by atoms with van der Waals surface area (Å²) in [7, 11) is 1.96. The zero-order valence-corrected chi connectivity index (χ0v) is 14.3. The molecule has 0 saturated carbocycles. The van der Waals surface area contributed by atoms with Crippen LogP contribution in [0.25, 0.3) is 11.0 Å². The molecule has 1 atom stereocenters. The minimum absolute atomic E-state index is 0.172. The van der Waals surface area contributed by atoms with E-state index in [9.17, 15) is 4.79 Å². The molecule has 1 amide bonds. The van der Waals surface area contributed by atoms with Crippen LogP contribution in [0.15, 0.2) is 36.5 Å². The Bertz CT molecular complexity index is 890. The first-order valence-electron chi connectivity index (χ1n) is 8.67. The number of hydrogen-bond donors (Lipinski definition) is 2. The topological polar surface area (TPSA) is 76.8 Å². The number of carbonyl (C=O) groups excluding carboxylic acids is 1. The number of nitrogens with one attached hydrogen (secondary N) is 2. The van der Waals surface area contributed by atoms with Crippen LogP contribution in [0.2, 0.25) is 0 Å². The van der Waals surface area contributed by atoms with Gasteiger partial charge in [0.1, 0.15) is 11.5 Å². The third-order valence-corrected chi connectivity index (χ3v) is 4.77. The summed E-state index contributed by atoms with van der Waals surface area (Å²) in [6.07, 6.45) is 4.12. The fourth-order valence-corrected chi connectivity index (χ4v) is 3.33. The number of para-hydroxylation sites is 2. The van der Waals surface area contributed by atoms with E-state index in [1.54, 1.807) is 6.07 Å². The summed E-state index contributed by atoms with van der Waals surface area (Å²) in [5.41, 5.74) is 2.44. The third-order valence-electron chi connectivity index (χ3n) is 4.77. The van der Waals surface area contributed by atoms with Gasteiger partial charge in [-0.3, -0.25) is 9.48 Å². The van der Waals surface area contributed by atoms with Crippen LogP contribution in [0.1, 0.15) is 35.2 Å². The summed E-state index contributed by atoms with van der Waals surface area (Å²) >= 11 is 0. The molecule has 1 unspecified atom stereocenters. The first kappa shape index (κ1) is 15.8. The summed E-state index contributed by atoms with van der Waals surface area (Å²) in [6.45, 7) is 2.34. The predicted molar refractivity (Wildman–Crippen MR) is 95.3 cm³/mol. The summed E-state index contributed by atoms with van der Waals surface area (Å²) in [5, 5.41) is 10.7. The highest BCUT2D eigenvalue weighted by Crippen LogP contribution is 2.16. The zero-order chi connectivity index (χ0) is 17.2. The number of benzene rings is 1. The second kappa shape index (κ2) is 6.68. The number of imidazole rings is 1. The maximum Gasteiger partial charge on any atom is 0.272 e. The van der Waals surface area contributed by atoms with E-state index >= 15 is 0 Å². The SMILES string of the molecule is Cn1c(CNC(=O)c2ccn(C3CCCNC3)n2)nc2ccccc21. The van der Waals surface area contributed by atoms with Crippen LogP contribution >= 0.6 is 0 Å². The van der Waals surface area contributed by atoms with Crippen molar-refractivity contribution >= 4 is 16.9 Å². The Kier molecular flexibility index (Phi) is 4.23. The minimum atomic E-state index is -0.172. The highest BCUT2D eigenvalue weighted by atomic mass is 16.1. The van der Waals surface area contributed by atoms with Crippen molar-refractivity contribution in [2.24, 2.45) is 7.05 Å². The molecule has 2 N–H and O–H groups in total. The van der Waals surface area contributed by atoms with E-state index in [4.69, 9.17) is 0 Å². The van der Waals surface area contributed by atoms with E-state index in [0.717, 1.165) is 42.8 Å². The lowest BCUT2D eigenvalue weighted by Crippen LogP contribution is -2.32. The molecule has 7 nitrogen and oxygen atoms in total. The Morgan fingerprint density at radius 1 is 1.36 bits per heavy atom. The molecule has 3 aromatic rings. The lowest BCUT2D eigenvalue weighted by Gasteiger charge is -2.22. The lowest BCUT2D eigenvalue weighted by molar-refractivity contribution is 0.0943. The number of aromatic nitrogens is 4. The second-order valence-electron chi connectivity index (χ2n) is 6.44. The number of aryl methyl sites for hydroxylation is 1. The van der Waals surface area contributed by atoms with Gasteiger partial charge >= 0.3 is 0 Å². The van der Waals surface area contributed by atoms with Gasteiger partial charge in [0.2, 0.25) is 0 Å². The summed E-state index contributed by atoms with van der Waals surface area (Å²) in [4.78, 5) is 17.0. The van der Waals surface area contributed by atoms with E-state index in [-0.39, 0.29) is 5.91 Å². The molecule has 4 rings (SSSR count). The highest BCUT2D eigenvalue weighted by Gasteiger charge is 2.18. The monoisotopic (exact) mass is 338 g/mol. The van der Waals surface area contributed by atoms with Gasteiger partial charge in [0, 0.05) is 19.8 Å². The van der Waals surface area contributed by atoms with Crippen molar-refractivity contribution in [2.75, 3.05) is 13.1 Å². The van der Waals surface area contributed by atoms with Crippen LogP contribution in [0, 0.1) is 0 Å². The molecule has 1 saturated heterocycles. The van der Waals surface area contributed by atoms with E-state index < -0.39 is 0 Å². The first-order chi connectivity index (χ1) is 12.2. The Morgan fingerprint density at radius 3 is 3.04 bits per heavy atom. The average Bonchev–Trinajstić information content (AvgIpc) is 3.26. The number of hydrogen-bond acceptors (Lipinski definition) is 4. The van der Waals surface area contributed by atoms with Crippen LogP contribution in [-0.2, 0) is 13.6 Å². The molecule has 25 heavy (non-hydrogen) atoms. The largest absolute Gasteiger partial charge is 0.343 e. The normalized spacial score (nSPS) is 17.7. The van der Waals surface area contributed by atoms with Crippen molar-refractivity contribution in [1.82, 2.24) is 30.0 Å². The molecule has 0 aliphatic carbocycles. The molecular formula is C18H22N6O. The first-order valence-corrected chi connectivity index (χ1v) is 8.67. The number of fused-ring (bicyclic) bond motifs is 1. The van der Waals surface area contributed by atoms with Crippen LogP contribution in [0.3, 0.4) is 0 Å². The Labute approximate surface area is 146 Å². The number of carbonyl (C=O) groups is 1. The molecule has 7 heteroatoms. The molecule has 1 aliphatic rings. The van der Waals surface area contributed by atoms with Gasteiger partial charge in [0.15, 0.2) is 0 Å². The molecule has 0 radical (unpaired) electrons. The maximum atomic E-state index is 12.4. The molecule has 1 aromatic carbocycles. The smallest absolute Gasteiger partial charge is 0.272 e. The van der Waals surface area contributed by atoms with Gasteiger partial charge in [-0.05, 0) is 37.6 Å². The summed E-state index contributed by atoms with van der Waals surface area (Å²) in [5.74, 6) is 0.653. The standard InChI is InChI=1S/C18H22N6O/c1-23-16-7-3-2-6-14(16)21-17(23)12-20-18(25)15-8-10-24(22-15)13-5-4-9-19-11-13/h2-3,6-8,10,13,19H,4-5,9,11-12H2,1H3,(H,20,25). The molecule has 1 fully saturated rings. The van der Waals surface area contributed by atoms with Crippen LogP contribution in [0.5, 0.6) is 0 Å². The van der Waals surface area contributed by atoms with Crippen molar-refractivity contribution in [1.29, 1.82) is 0 Å². The number of nitrogens with zero attached hydrogens (tertiary/aromatic N) is 4.